The summed E-state index contributed by atoms with van der Waals surface area (Å²) in [6.45, 7) is 2.85. The largest absolute Gasteiger partial charge is 0.472 e. The smallest absolute Gasteiger partial charge is 0.462 e. The van der Waals surface area contributed by atoms with Crippen LogP contribution in [0.4, 0.5) is 0 Å². The lowest BCUT2D eigenvalue weighted by molar-refractivity contribution is -0.220. The molecule has 0 amide bonds. The van der Waals surface area contributed by atoms with E-state index in [2.05, 4.69) is 105 Å². The maximum absolute atomic E-state index is 12.8. The van der Waals surface area contributed by atoms with Crippen LogP contribution in [0.5, 0.6) is 0 Å². The minimum Gasteiger partial charge on any atom is -0.462 e. The Balaban J connectivity index is 2.56. The van der Waals surface area contributed by atoms with Gasteiger partial charge >= 0.3 is 19.8 Å². The molecule has 0 aromatic carbocycles. The lowest BCUT2D eigenvalue weighted by Gasteiger charge is -2.41. The number of carbonyl (C=O) groups excluding carboxylic acids is 2. The second-order valence-corrected chi connectivity index (χ2v) is 17.8. The molecule has 0 aliphatic heterocycles. The standard InChI is InChI=1S/C53H83O14P/c1-3-5-7-9-11-13-15-17-19-21-22-23-25-27-29-31-33-35-37-39-46(55)64-42-45(43-65-68(62,63)67-53-51(60)49(58)48(57)50(59)52(53)61)66-47(56)41-40-44(54)38-36-34-32-30-28-26-24-20-18-16-14-12-10-8-6-4-2/h5-8,11-14,17-20,22-23,26,28,32,34,36,38,44-45,48-54,57-61H,3-4,9-10,15-16,21,24-25,27,29-31,33,35,37,39-43H2,1-2H3,(H,62,63)/b7-5-,8-6-,13-11-,14-12-,19-17-,20-18-,23-22-,28-26-,34-32-,38-36-/t44?,45-,48?,49-,50+,51-,52-,53?/m1/s1. The average molecular weight is 975 g/mol. The van der Waals surface area contributed by atoms with Crippen LogP contribution >= 0.6 is 7.82 Å². The van der Waals surface area contributed by atoms with Gasteiger partial charge in [-0.15, -0.1) is 0 Å². The summed E-state index contributed by atoms with van der Waals surface area (Å²) in [5, 5.41) is 60.6. The number of aliphatic hydroxyl groups is 6. The van der Waals surface area contributed by atoms with Crippen LogP contribution in [0, 0.1) is 0 Å². The van der Waals surface area contributed by atoms with Gasteiger partial charge in [0.05, 0.1) is 12.7 Å². The van der Waals surface area contributed by atoms with Crippen molar-refractivity contribution in [2.45, 2.75) is 185 Å². The lowest BCUT2D eigenvalue weighted by atomic mass is 9.85. The maximum Gasteiger partial charge on any atom is 0.472 e. The van der Waals surface area contributed by atoms with Gasteiger partial charge in [0.1, 0.15) is 43.2 Å². The van der Waals surface area contributed by atoms with E-state index in [-0.39, 0.29) is 19.3 Å². The molecule has 1 rings (SSSR count). The van der Waals surface area contributed by atoms with E-state index < -0.39 is 81.8 Å². The number of unbranched alkanes of at least 4 members (excludes halogenated alkanes) is 6. The Kier molecular flexibility index (Phi) is 37.6. The van der Waals surface area contributed by atoms with Gasteiger partial charge in [0.25, 0.3) is 0 Å². The summed E-state index contributed by atoms with van der Waals surface area (Å²) in [6.07, 6.45) is 41.3. The van der Waals surface area contributed by atoms with Crippen LogP contribution < -0.4 is 0 Å². The molecule has 0 radical (unpaired) electrons. The summed E-state index contributed by atoms with van der Waals surface area (Å²) in [7, 11) is -5.20. The molecule has 0 bridgehead atoms. The number of allylic oxidation sites excluding steroid dienone is 19. The second kappa shape index (κ2) is 41.0. The van der Waals surface area contributed by atoms with Gasteiger partial charge < -0.3 is 45.0 Å². The average Bonchev–Trinajstić information content (AvgIpc) is 3.32. The highest BCUT2D eigenvalue weighted by atomic mass is 31.2. The first-order valence-corrected chi connectivity index (χ1v) is 25.9. The number of esters is 2. The van der Waals surface area contributed by atoms with Crippen molar-refractivity contribution in [3.05, 3.63) is 122 Å². The molecular formula is C53H83O14P. The number of carbonyl (C=O) groups is 2. The van der Waals surface area contributed by atoms with E-state index in [1.807, 2.05) is 12.2 Å². The normalized spacial score (nSPS) is 22.5. The molecular weight excluding hydrogens is 892 g/mol. The highest BCUT2D eigenvalue weighted by Gasteiger charge is 2.51. The van der Waals surface area contributed by atoms with Gasteiger partial charge in [-0.05, 0) is 83.5 Å². The van der Waals surface area contributed by atoms with Crippen LogP contribution in [-0.4, -0.2) is 110 Å². The van der Waals surface area contributed by atoms with E-state index in [0.29, 0.717) is 12.8 Å². The third-order valence-corrected chi connectivity index (χ3v) is 11.4. The van der Waals surface area contributed by atoms with Gasteiger partial charge in [0.15, 0.2) is 6.10 Å². The molecule has 9 atom stereocenters. The molecule has 14 nitrogen and oxygen atoms in total. The fourth-order valence-corrected chi connectivity index (χ4v) is 7.48. The molecule has 0 spiro atoms. The lowest BCUT2D eigenvalue weighted by Crippen LogP contribution is -2.64. The molecule has 0 aromatic rings. The molecule has 7 N–H and O–H groups in total. The van der Waals surface area contributed by atoms with Crippen molar-refractivity contribution in [2.24, 2.45) is 0 Å². The SMILES string of the molecule is CC/C=C\C/C=C\C/C=C\C/C=C\C/C=C\C=C/C(O)CCC(=O)O[C@H](COC(=O)CCCCCCCC/C=C\C/C=C\C/C=C\C/C=C\CC)COP(=O)(O)OC1[C@H](O)[C@H](O)C(O)[C@H](O)[C@H]1O. The van der Waals surface area contributed by atoms with Gasteiger partial charge in [0.2, 0.25) is 0 Å². The summed E-state index contributed by atoms with van der Waals surface area (Å²) >= 11 is 0. The van der Waals surface area contributed by atoms with Crippen molar-refractivity contribution in [3.63, 3.8) is 0 Å². The first kappa shape index (κ1) is 62.2. The van der Waals surface area contributed by atoms with E-state index in [0.717, 1.165) is 89.9 Å². The zero-order valence-corrected chi connectivity index (χ0v) is 41.3. The van der Waals surface area contributed by atoms with Gasteiger partial charge in [-0.3, -0.25) is 18.6 Å². The molecule has 0 aromatic heterocycles. The van der Waals surface area contributed by atoms with Gasteiger partial charge in [0, 0.05) is 12.8 Å². The molecule has 384 valence electrons. The third-order valence-electron chi connectivity index (χ3n) is 10.4. The van der Waals surface area contributed by atoms with Crippen LogP contribution in [-0.2, 0) is 32.7 Å². The third kappa shape index (κ3) is 32.9. The first-order valence-electron chi connectivity index (χ1n) is 24.4. The van der Waals surface area contributed by atoms with Crippen molar-refractivity contribution < 1.29 is 68.2 Å². The predicted molar refractivity (Wildman–Crippen MR) is 268 cm³/mol. The zero-order valence-electron chi connectivity index (χ0n) is 40.5. The highest BCUT2D eigenvalue weighted by molar-refractivity contribution is 7.47. The van der Waals surface area contributed by atoms with Crippen LogP contribution in [0.2, 0.25) is 0 Å². The molecule has 1 aliphatic carbocycles. The summed E-state index contributed by atoms with van der Waals surface area (Å²) < 4.78 is 33.4. The van der Waals surface area contributed by atoms with Crippen molar-refractivity contribution in [2.75, 3.05) is 13.2 Å². The fraction of sp³-hybridized carbons (Fsp3) is 0.585. The Hall–Kier alpha value is -3.79. The van der Waals surface area contributed by atoms with Crippen molar-refractivity contribution in [3.8, 4) is 0 Å². The monoisotopic (exact) mass is 975 g/mol. The number of phosphoric acid groups is 1. The van der Waals surface area contributed by atoms with E-state index in [1.165, 1.54) is 6.08 Å². The zero-order chi connectivity index (χ0) is 50.1. The Morgan fingerprint density at radius 1 is 0.529 bits per heavy atom. The van der Waals surface area contributed by atoms with Gasteiger partial charge in [-0.2, -0.15) is 0 Å². The number of rotatable bonds is 38. The van der Waals surface area contributed by atoms with Crippen molar-refractivity contribution in [1.29, 1.82) is 0 Å². The number of phosphoric ester groups is 1. The van der Waals surface area contributed by atoms with Crippen LogP contribution in [0.25, 0.3) is 0 Å². The van der Waals surface area contributed by atoms with Crippen molar-refractivity contribution >= 4 is 19.8 Å². The highest BCUT2D eigenvalue weighted by Crippen LogP contribution is 2.47. The van der Waals surface area contributed by atoms with Gasteiger partial charge in [-0.1, -0.05) is 161 Å². The molecule has 0 saturated heterocycles. The van der Waals surface area contributed by atoms with Gasteiger partial charge in [-0.25, -0.2) is 4.57 Å². The summed E-state index contributed by atoms with van der Waals surface area (Å²) in [5.74, 6) is -1.41. The number of hydrogen-bond acceptors (Lipinski definition) is 13. The van der Waals surface area contributed by atoms with E-state index in [9.17, 15) is 49.7 Å². The second-order valence-electron chi connectivity index (χ2n) is 16.4. The number of ether oxygens (including phenoxy) is 2. The van der Waals surface area contributed by atoms with E-state index in [4.69, 9.17) is 18.5 Å². The molecule has 1 fully saturated rings. The van der Waals surface area contributed by atoms with Crippen LogP contribution in [0.3, 0.4) is 0 Å². The number of aliphatic hydroxyl groups excluding tert-OH is 6. The van der Waals surface area contributed by atoms with Crippen LogP contribution in [0.1, 0.15) is 136 Å². The van der Waals surface area contributed by atoms with E-state index >= 15 is 0 Å². The molecule has 1 aliphatic rings. The molecule has 1 saturated carbocycles. The maximum atomic E-state index is 12.8. The minimum atomic E-state index is -5.20. The summed E-state index contributed by atoms with van der Waals surface area (Å²) in [4.78, 5) is 35.8. The predicted octanol–water partition coefficient (Wildman–Crippen LogP) is 9.14. The Morgan fingerprint density at radius 3 is 1.49 bits per heavy atom. The molecule has 15 heteroatoms. The quantitative estimate of drug-likeness (QED) is 0.0101. The Labute approximate surface area is 406 Å². The topological polar surface area (TPSA) is 230 Å². The summed E-state index contributed by atoms with van der Waals surface area (Å²) in [5.41, 5.74) is 0. The molecule has 4 unspecified atom stereocenters. The molecule has 68 heavy (non-hydrogen) atoms. The number of hydrogen-bond donors (Lipinski definition) is 7. The first-order chi connectivity index (χ1) is 32.8. The van der Waals surface area contributed by atoms with Crippen molar-refractivity contribution in [1.82, 2.24) is 0 Å². The molecule has 0 heterocycles. The van der Waals surface area contributed by atoms with E-state index in [1.54, 1.807) is 12.2 Å². The Morgan fingerprint density at radius 2 is 0.971 bits per heavy atom. The van der Waals surface area contributed by atoms with Crippen LogP contribution in [0.15, 0.2) is 122 Å². The summed E-state index contributed by atoms with van der Waals surface area (Å²) in [6, 6.07) is 0. The Bertz CT molecular complexity index is 1660. The fourth-order valence-electron chi connectivity index (χ4n) is 6.50. The minimum absolute atomic E-state index is 0.0204.